The fourth-order valence-electron chi connectivity index (χ4n) is 4.54. The van der Waals surface area contributed by atoms with Crippen LogP contribution in [0.1, 0.15) is 15.7 Å². The van der Waals surface area contributed by atoms with Crippen molar-refractivity contribution < 1.29 is 7.59 Å². The molecule has 35 heavy (non-hydrogen) atoms. The van der Waals surface area contributed by atoms with Crippen molar-refractivity contribution in [3.63, 3.8) is 0 Å². The summed E-state index contributed by atoms with van der Waals surface area (Å²) in [4.78, 5) is 18.2. The van der Waals surface area contributed by atoms with Crippen LogP contribution in [0.2, 0.25) is 0 Å². The van der Waals surface area contributed by atoms with Crippen molar-refractivity contribution in [2.45, 2.75) is 18.9 Å². The van der Waals surface area contributed by atoms with Crippen LogP contribution in [0.5, 0.6) is 5.75 Å². The minimum Gasteiger partial charge on any atom is -0.495 e. The van der Waals surface area contributed by atoms with Crippen LogP contribution in [-0.4, -0.2) is 60.2 Å². The Hall–Kier alpha value is -3.91. The van der Waals surface area contributed by atoms with Crippen molar-refractivity contribution in [3.05, 3.63) is 67.0 Å². The second kappa shape index (κ2) is 10.1. The first-order valence-corrected chi connectivity index (χ1v) is 11.9. The van der Waals surface area contributed by atoms with E-state index in [9.17, 15) is 0 Å². The average Bonchev–Trinajstić information content (AvgIpc) is 2.89. The monoisotopic (exact) mass is 473 g/mol. The van der Waals surface area contributed by atoms with E-state index >= 15 is 0 Å². The molecule has 2 aromatic heterocycles. The summed E-state index contributed by atoms with van der Waals surface area (Å²) in [5, 5.41) is 7.70. The molecule has 5 rings (SSSR count). The maximum Gasteiger partial charge on any atom is 0.229 e. The summed E-state index contributed by atoms with van der Waals surface area (Å²) in [6.45, 7) is 2.04. The molecule has 1 aliphatic rings. The summed E-state index contributed by atoms with van der Waals surface area (Å²) in [5.74, 6) is 2.03. The largest absolute Gasteiger partial charge is 0.495 e. The Kier molecular flexibility index (Phi) is 6.63. The number of nitrogens with one attached hydrogen (secondary N) is 2. The number of nitrogens with zero attached hydrogens (tertiary/aromatic N) is 5. The molecule has 4 aromatic rings. The second-order valence-electron chi connectivity index (χ2n) is 9.00. The summed E-state index contributed by atoms with van der Waals surface area (Å²) in [5.41, 5.74) is 3.83. The van der Waals surface area contributed by atoms with Gasteiger partial charge in [-0.15, -0.1) is 0 Å². The predicted octanol–water partition coefficient (Wildman–Crippen LogP) is 5.54. The number of piperidine rings is 1. The van der Waals surface area contributed by atoms with Crippen LogP contribution in [0, 0.1) is 0 Å². The molecule has 0 atom stereocenters. The van der Waals surface area contributed by atoms with Crippen molar-refractivity contribution in [2.24, 2.45) is 0 Å². The molecule has 0 saturated carbocycles. The summed E-state index contributed by atoms with van der Waals surface area (Å²) in [6.07, 6.45) is 5.84. The van der Waals surface area contributed by atoms with Gasteiger partial charge in [0.25, 0.3) is 0 Å². The number of aromatic nitrogens is 3. The van der Waals surface area contributed by atoms with Gasteiger partial charge in [0, 0.05) is 45.3 Å². The summed E-state index contributed by atoms with van der Waals surface area (Å²) >= 11 is 0. The topological polar surface area (TPSA) is 78.4 Å². The molecule has 0 spiro atoms. The SMILES string of the molecule is COc1cc(Nc2nccc(Nc3cnc4ccccc4c3)n2)ccc1N1CCC(N(C)C)CC1.[HH].[HH]. The number of hydrogen-bond donors (Lipinski definition) is 2. The van der Waals surface area contributed by atoms with Crippen LogP contribution < -0.4 is 20.3 Å². The Labute approximate surface area is 209 Å². The molecular weight excluding hydrogens is 438 g/mol. The van der Waals surface area contributed by atoms with E-state index in [0.29, 0.717) is 17.8 Å². The second-order valence-corrected chi connectivity index (χ2v) is 9.00. The highest BCUT2D eigenvalue weighted by Crippen LogP contribution is 2.34. The highest BCUT2D eigenvalue weighted by molar-refractivity contribution is 5.82. The molecule has 3 heterocycles. The molecule has 1 saturated heterocycles. The van der Waals surface area contributed by atoms with Crippen molar-refractivity contribution in [3.8, 4) is 5.75 Å². The van der Waals surface area contributed by atoms with Gasteiger partial charge in [0.1, 0.15) is 11.6 Å². The van der Waals surface area contributed by atoms with Crippen molar-refractivity contribution in [1.82, 2.24) is 19.9 Å². The molecule has 0 bridgehead atoms. The summed E-state index contributed by atoms with van der Waals surface area (Å²) in [7, 11) is 6.03. The van der Waals surface area contributed by atoms with Gasteiger partial charge in [-0.3, -0.25) is 4.98 Å². The Morgan fingerprint density at radius 2 is 1.80 bits per heavy atom. The Morgan fingerprint density at radius 3 is 2.60 bits per heavy atom. The fraction of sp³-hybridized carbons (Fsp3) is 0.296. The van der Waals surface area contributed by atoms with Crippen LogP contribution in [0.3, 0.4) is 0 Å². The molecule has 184 valence electrons. The zero-order chi connectivity index (χ0) is 24.2. The standard InChI is InChI=1S/C27H31N7O.2H2/c1-33(2)22-11-14-34(15-12-22)24-9-8-20(17-25(24)35-3)31-27-28-13-10-26(32-27)30-21-16-19-6-4-5-7-23(19)29-18-21;;/h4-10,13,16-18,22H,11-12,14-15H2,1-3H3,(H2,28,30,31,32);2*1H. The maximum absolute atomic E-state index is 5.74. The van der Waals surface area contributed by atoms with Crippen LogP contribution >= 0.6 is 0 Å². The summed E-state index contributed by atoms with van der Waals surface area (Å²) < 4.78 is 5.74. The zero-order valence-electron chi connectivity index (χ0n) is 20.4. The van der Waals surface area contributed by atoms with E-state index in [1.165, 1.54) is 0 Å². The van der Waals surface area contributed by atoms with E-state index < -0.39 is 0 Å². The summed E-state index contributed by atoms with van der Waals surface area (Å²) in [6, 6.07) is 18.7. The number of fused-ring (bicyclic) bond motifs is 1. The number of pyridine rings is 1. The number of ether oxygens (including phenoxy) is 1. The molecule has 0 amide bonds. The van der Waals surface area contributed by atoms with Crippen molar-refractivity contribution >= 4 is 39.7 Å². The fourth-order valence-corrected chi connectivity index (χ4v) is 4.54. The number of anilines is 5. The lowest BCUT2D eigenvalue weighted by molar-refractivity contribution is 0.249. The van der Waals surface area contributed by atoms with Gasteiger partial charge in [-0.1, -0.05) is 18.2 Å². The van der Waals surface area contributed by atoms with Gasteiger partial charge in [0.15, 0.2) is 0 Å². The molecule has 8 heteroatoms. The highest BCUT2D eigenvalue weighted by Gasteiger charge is 2.22. The van der Waals surface area contributed by atoms with Gasteiger partial charge in [0.2, 0.25) is 5.95 Å². The quantitative estimate of drug-likeness (QED) is 0.362. The molecule has 8 nitrogen and oxygen atoms in total. The number of para-hydroxylation sites is 1. The number of methoxy groups -OCH3 is 1. The van der Waals surface area contributed by atoms with Gasteiger partial charge in [-0.05, 0) is 57.3 Å². The first-order chi connectivity index (χ1) is 17.1. The normalized spacial score (nSPS) is 14.3. The van der Waals surface area contributed by atoms with Gasteiger partial charge in [-0.2, -0.15) is 4.98 Å². The lowest BCUT2D eigenvalue weighted by Gasteiger charge is -2.37. The van der Waals surface area contributed by atoms with E-state index in [2.05, 4.69) is 61.6 Å². The van der Waals surface area contributed by atoms with Gasteiger partial charge in [0.05, 0.1) is 30.2 Å². The Morgan fingerprint density at radius 1 is 0.971 bits per heavy atom. The molecule has 2 aromatic carbocycles. The Bertz CT molecular complexity index is 1310. The minimum absolute atomic E-state index is 0. The number of rotatable bonds is 7. The van der Waals surface area contributed by atoms with Gasteiger partial charge in [-0.25, -0.2) is 4.98 Å². The van der Waals surface area contributed by atoms with Gasteiger partial charge < -0.3 is 25.2 Å². The first-order valence-electron chi connectivity index (χ1n) is 11.9. The molecule has 1 fully saturated rings. The molecule has 0 unspecified atom stereocenters. The van der Waals surface area contributed by atoms with Crippen molar-refractivity contribution in [1.29, 1.82) is 0 Å². The van der Waals surface area contributed by atoms with E-state index in [0.717, 1.165) is 59.6 Å². The third-order valence-corrected chi connectivity index (χ3v) is 6.49. The first kappa shape index (κ1) is 22.9. The van der Waals surface area contributed by atoms with Crippen LogP contribution in [0.15, 0.2) is 67.0 Å². The maximum atomic E-state index is 5.74. The number of benzene rings is 2. The third-order valence-electron chi connectivity index (χ3n) is 6.49. The zero-order valence-corrected chi connectivity index (χ0v) is 20.4. The lowest BCUT2D eigenvalue weighted by atomic mass is 10.0. The molecular formula is C27H35N7O. The highest BCUT2D eigenvalue weighted by atomic mass is 16.5. The van der Waals surface area contributed by atoms with E-state index in [1.807, 2.05) is 48.7 Å². The van der Waals surface area contributed by atoms with E-state index in [4.69, 9.17) is 4.74 Å². The Balaban J connectivity index is 0.00000190. The smallest absolute Gasteiger partial charge is 0.229 e. The molecule has 0 radical (unpaired) electrons. The van der Waals surface area contributed by atoms with E-state index in [1.54, 1.807) is 13.3 Å². The number of hydrogen-bond acceptors (Lipinski definition) is 8. The van der Waals surface area contributed by atoms with E-state index in [-0.39, 0.29) is 2.85 Å². The molecule has 1 aliphatic heterocycles. The van der Waals surface area contributed by atoms with Crippen LogP contribution in [0.25, 0.3) is 10.9 Å². The lowest BCUT2D eigenvalue weighted by Crippen LogP contribution is -2.42. The minimum atomic E-state index is 0. The average molecular weight is 474 g/mol. The predicted molar refractivity (Wildman–Crippen MR) is 146 cm³/mol. The van der Waals surface area contributed by atoms with Crippen LogP contribution in [0.4, 0.5) is 28.8 Å². The third kappa shape index (κ3) is 5.27. The van der Waals surface area contributed by atoms with Gasteiger partial charge >= 0.3 is 0 Å². The van der Waals surface area contributed by atoms with Crippen LogP contribution in [-0.2, 0) is 0 Å². The molecule has 0 aliphatic carbocycles. The van der Waals surface area contributed by atoms with Crippen molar-refractivity contribution in [2.75, 3.05) is 49.8 Å². The molecule has 2 N–H and O–H groups in total.